The molecule has 24 heavy (non-hydrogen) atoms. The monoisotopic (exact) mass is 313 g/mol. The number of fused-ring (bicyclic) bond motifs is 1. The largest absolute Gasteiger partial charge is 0.369 e. The highest BCUT2D eigenvalue weighted by Gasteiger charge is 2.29. The first-order valence-electron chi connectivity index (χ1n) is 8.11. The summed E-state index contributed by atoms with van der Waals surface area (Å²) in [5.74, 6) is 0.561. The number of rotatable bonds is 3. The summed E-state index contributed by atoms with van der Waals surface area (Å²) in [6, 6.07) is 29.2. The second-order valence-electron chi connectivity index (χ2n) is 5.96. The Balaban J connectivity index is 1.81. The van der Waals surface area contributed by atoms with Crippen molar-refractivity contribution in [1.29, 1.82) is 0 Å². The number of nitrogens with zero attached hydrogens (tertiary/aromatic N) is 2. The Morgan fingerprint density at radius 2 is 1.42 bits per heavy atom. The van der Waals surface area contributed by atoms with Gasteiger partial charge >= 0.3 is 0 Å². The van der Waals surface area contributed by atoms with Gasteiger partial charge in [0.15, 0.2) is 5.96 Å². The number of hydrogen-bond acceptors (Lipinski definition) is 3. The van der Waals surface area contributed by atoms with E-state index in [9.17, 15) is 0 Å². The average molecular weight is 313 g/mol. The molecule has 3 heteroatoms. The van der Waals surface area contributed by atoms with Crippen molar-refractivity contribution < 1.29 is 0 Å². The van der Waals surface area contributed by atoms with Gasteiger partial charge in [-0.2, -0.15) is 0 Å². The Bertz CT molecular complexity index is 857. The Labute approximate surface area is 142 Å². The molecule has 0 spiro atoms. The first-order valence-corrected chi connectivity index (χ1v) is 8.11. The van der Waals surface area contributed by atoms with Crippen LogP contribution in [0.4, 0.5) is 5.69 Å². The zero-order valence-corrected chi connectivity index (χ0v) is 13.3. The van der Waals surface area contributed by atoms with Gasteiger partial charge in [0.05, 0.1) is 11.7 Å². The topological polar surface area (TPSA) is 41.6 Å². The van der Waals surface area contributed by atoms with Crippen LogP contribution in [0.2, 0.25) is 0 Å². The van der Waals surface area contributed by atoms with Gasteiger partial charge in [-0.15, -0.1) is 0 Å². The quantitative estimate of drug-likeness (QED) is 0.786. The van der Waals surface area contributed by atoms with E-state index in [4.69, 9.17) is 5.73 Å². The minimum atomic E-state index is 0.0695. The SMILES string of the molecule is NC1=Nc2ccccc2[C@H](c2ccccc2)N1Cc1ccccc1. The van der Waals surface area contributed by atoms with Crippen LogP contribution >= 0.6 is 0 Å². The van der Waals surface area contributed by atoms with Crippen molar-refractivity contribution >= 4 is 11.6 Å². The zero-order valence-electron chi connectivity index (χ0n) is 13.3. The third kappa shape index (κ3) is 2.65. The molecule has 0 amide bonds. The summed E-state index contributed by atoms with van der Waals surface area (Å²) in [5, 5.41) is 0. The van der Waals surface area contributed by atoms with Gasteiger partial charge in [-0.1, -0.05) is 78.9 Å². The lowest BCUT2D eigenvalue weighted by Gasteiger charge is -2.37. The third-order valence-corrected chi connectivity index (χ3v) is 4.38. The fraction of sp³-hybridized carbons (Fsp3) is 0.0952. The first-order chi connectivity index (χ1) is 11.8. The maximum Gasteiger partial charge on any atom is 0.197 e. The van der Waals surface area contributed by atoms with Crippen LogP contribution in [0.15, 0.2) is 89.9 Å². The fourth-order valence-electron chi connectivity index (χ4n) is 3.26. The summed E-state index contributed by atoms with van der Waals surface area (Å²) in [6.07, 6.45) is 0. The van der Waals surface area contributed by atoms with E-state index in [2.05, 4.69) is 70.6 Å². The van der Waals surface area contributed by atoms with Crippen molar-refractivity contribution in [3.05, 3.63) is 102 Å². The molecule has 2 N–H and O–H groups in total. The smallest absolute Gasteiger partial charge is 0.197 e. The number of hydrogen-bond donors (Lipinski definition) is 1. The van der Waals surface area contributed by atoms with E-state index in [1.807, 2.05) is 24.3 Å². The van der Waals surface area contributed by atoms with E-state index >= 15 is 0 Å². The van der Waals surface area contributed by atoms with Crippen LogP contribution in [0.5, 0.6) is 0 Å². The molecule has 0 aliphatic carbocycles. The second kappa shape index (κ2) is 6.20. The van der Waals surface area contributed by atoms with Crippen LogP contribution in [0.3, 0.4) is 0 Å². The summed E-state index contributed by atoms with van der Waals surface area (Å²) >= 11 is 0. The molecular weight excluding hydrogens is 294 g/mol. The number of aliphatic imine (C=N–C) groups is 1. The Hall–Kier alpha value is -3.07. The van der Waals surface area contributed by atoms with E-state index in [0.29, 0.717) is 5.96 Å². The molecule has 0 saturated carbocycles. The fourth-order valence-corrected chi connectivity index (χ4v) is 3.26. The van der Waals surface area contributed by atoms with Crippen LogP contribution in [-0.4, -0.2) is 10.9 Å². The maximum atomic E-state index is 6.35. The molecule has 1 aliphatic heterocycles. The van der Waals surface area contributed by atoms with Crippen molar-refractivity contribution in [2.45, 2.75) is 12.6 Å². The van der Waals surface area contributed by atoms with Gasteiger partial charge in [-0.05, 0) is 17.2 Å². The Morgan fingerprint density at radius 3 is 2.17 bits per heavy atom. The molecule has 0 unspecified atom stereocenters. The molecule has 118 valence electrons. The molecule has 0 bridgehead atoms. The summed E-state index contributed by atoms with van der Waals surface area (Å²) in [7, 11) is 0. The number of nitrogens with two attached hydrogens (primary N) is 1. The number of guanidine groups is 1. The minimum Gasteiger partial charge on any atom is -0.369 e. The molecule has 1 atom stereocenters. The Morgan fingerprint density at radius 1 is 0.792 bits per heavy atom. The normalized spacial score (nSPS) is 16.4. The molecule has 3 aromatic rings. The lowest BCUT2D eigenvalue weighted by Crippen LogP contribution is -2.42. The van der Waals surface area contributed by atoms with Crippen LogP contribution < -0.4 is 5.73 Å². The van der Waals surface area contributed by atoms with Crippen molar-refractivity contribution in [3.63, 3.8) is 0 Å². The molecule has 1 heterocycles. The van der Waals surface area contributed by atoms with Crippen LogP contribution in [-0.2, 0) is 6.54 Å². The summed E-state index contributed by atoms with van der Waals surface area (Å²) in [4.78, 5) is 6.79. The van der Waals surface area contributed by atoms with Crippen molar-refractivity contribution in [2.75, 3.05) is 0 Å². The maximum absolute atomic E-state index is 6.35. The van der Waals surface area contributed by atoms with Gasteiger partial charge in [0.1, 0.15) is 0 Å². The lowest BCUT2D eigenvalue weighted by atomic mass is 9.94. The third-order valence-electron chi connectivity index (χ3n) is 4.38. The van der Waals surface area contributed by atoms with Crippen LogP contribution in [0, 0.1) is 0 Å². The van der Waals surface area contributed by atoms with Gasteiger partial charge in [-0.25, -0.2) is 4.99 Å². The number of para-hydroxylation sites is 1. The molecule has 0 aromatic heterocycles. The van der Waals surface area contributed by atoms with E-state index in [1.165, 1.54) is 16.7 Å². The second-order valence-corrected chi connectivity index (χ2v) is 5.96. The highest BCUT2D eigenvalue weighted by molar-refractivity contribution is 5.85. The van der Waals surface area contributed by atoms with Gasteiger partial charge in [0.25, 0.3) is 0 Å². The number of benzene rings is 3. The molecule has 3 nitrogen and oxygen atoms in total. The van der Waals surface area contributed by atoms with Crippen molar-refractivity contribution in [1.82, 2.24) is 4.90 Å². The van der Waals surface area contributed by atoms with Gasteiger partial charge in [0, 0.05) is 12.1 Å². The summed E-state index contributed by atoms with van der Waals surface area (Å²) in [6.45, 7) is 0.726. The molecule has 0 saturated heterocycles. The summed E-state index contributed by atoms with van der Waals surface area (Å²) in [5.41, 5.74) is 10.9. The molecule has 3 aromatic carbocycles. The Kier molecular flexibility index (Phi) is 3.75. The zero-order chi connectivity index (χ0) is 16.4. The first kappa shape index (κ1) is 14.5. The molecule has 0 fully saturated rings. The van der Waals surface area contributed by atoms with E-state index < -0.39 is 0 Å². The molecular formula is C21H19N3. The van der Waals surface area contributed by atoms with E-state index in [1.54, 1.807) is 0 Å². The average Bonchev–Trinajstić information content (AvgIpc) is 2.64. The van der Waals surface area contributed by atoms with Crippen LogP contribution in [0.1, 0.15) is 22.7 Å². The van der Waals surface area contributed by atoms with Crippen LogP contribution in [0.25, 0.3) is 0 Å². The highest BCUT2D eigenvalue weighted by atomic mass is 15.3. The van der Waals surface area contributed by atoms with Crippen molar-refractivity contribution in [3.8, 4) is 0 Å². The van der Waals surface area contributed by atoms with E-state index in [0.717, 1.165) is 12.2 Å². The van der Waals surface area contributed by atoms with Crippen molar-refractivity contribution in [2.24, 2.45) is 10.7 Å². The molecule has 1 aliphatic rings. The lowest BCUT2D eigenvalue weighted by molar-refractivity contribution is 0.340. The molecule has 4 rings (SSSR count). The predicted molar refractivity (Wildman–Crippen MR) is 98.0 cm³/mol. The highest BCUT2D eigenvalue weighted by Crippen LogP contribution is 2.38. The van der Waals surface area contributed by atoms with E-state index in [-0.39, 0.29) is 6.04 Å². The van der Waals surface area contributed by atoms with Gasteiger partial charge < -0.3 is 10.6 Å². The van der Waals surface area contributed by atoms with Gasteiger partial charge in [0.2, 0.25) is 0 Å². The predicted octanol–water partition coefficient (Wildman–Crippen LogP) is 4.24. The van der Waals surface area contributed by atoms with Gasteiger partial charge in [-0.3, -0.25) is 0 Å². The molecule has 0 radical (unpaired) electrons. The summed E-state index contributed by atoms with van der Waals surface area (Å²) < 4.78 is 0. The standard InChI is InChI=1S/C21H19N3/c22-21-23-19-14-8-7-13-18(19)20(17-11-5-2-6-12-17)24(21)15-16-9-3-1-4-10-16/h1-14,20H,15H2,(H2,22,23)/t20-/m0/s1. The minimum absolute atomic E-state index is 0.0695.